The molecule has 1 amide bonds. The maximum Gasteiger partial charge on any atom is 0.254 e. The van der Waals surface area contributed by atoms with E-state index in [0.29, 0.717) is 0 Å². The van der Waals surface area contributed by atoms with Gasteiger partial charge in [-0.25, -0.2) is 0 Å². The van der Waals surface area contributed by atoms with Gasteiger partial charge in [0.05, 0.1) is 0 Å². The second kappa shape index (κ2) is 5.43. The van der Waals surface area contributed by atoms with E-state index in [1.807, 2.05) is 30.0 Å². The van der Waals surface area contributed by atoms with E-state index in [0.717, 1.165) is 28.1 Å². The van der Waals surface area contributed by atoms with Crippen molar-refractivity contribution in [2.45, 2.75) is 39.7 Å². The summed E-state index contributed by atoms with van der Waals surface area (Å²) in [6.07, 6.45) is 2.54. The molecule has 0 unspecified atom stereocenters. The number of carbonyl (C=O) groups excluding carboxylic acids is 1. The van der Waals surface area contributed by atoms with Gasteiger partial charge in [-0.1, -0.05) is 22.0 Å². The molecule has 1 fully saturated rings. The molecular weight excluding hydrogens is 290 g/mol. The molecule has 2 nitrogen and oxygen atoms in total. The van der Waals surface area contributed by atoms with Crippen LogP contribution >= 0.6 is 15.9 Å². The van der Waals surface area contributed by atoms with Crippen LogP contribution in [0.2, 0.25) is 0 Å². The number of hydrogen-bond acceptors (Lipinski definition) is 1. The Morgan fingerprint density at radius 3 is 2.67 bits per heavy atom. The lowest BCUT2D eigenvalue weighted by Gasteiger charge is -2.27. The number of halogens is 1. The van der Waals surface area contributed by atoms with Crippen LogP contribution in [0.3, 0.4) is 0 Å². The molecule has 18 heavy (non-hydrogen) atoms. The summed E-state index contributed by atoms with van der Waals surface area (Å²) in [6.45, 7) is 7.08. The molecule has 0 bridgehead atoms. The van der Waals surface area contributed by atoms with Gasteiger partial charge in [-0.05, 0) is 57.2 Å². The number of aryl methyl sites for hydroxylation is 1. The molecule has 0 saturated heterocycles. The van der Waals surface area contributed by atoms with Crippen LogP contribution in [0.5, 0.6) is 0 Å². The van der Waals surface area contributed by atoms with E-state index >= 15 is 0 Å². The number of amides is 1. The minimum atomic E-state index is 0.163. The predicted octanol–water partition coefficient (Wildman–Crippen LogP) is 4.02. The minimum Gasteiger partial charge on any atom is -0.336 e. The average Bonchev–Trinajstić information content (AvgIpc) is 3.12. The number of nitrogens with zero attached hydrogens (tertiary/aromatic N) is 1. The summed E-state index contributed by atoms with van der Waals surface area (Å²) in [4.78, 5) is 14.6. The SMILES string of the molecule is Cc1ccc(Br)cc1C(=O)N(CC1CC1)C(C)C. The van der Waals surface area contributed by atoms with Gasteiger partial charge >= 0.3 is 0 Å². The Balaban J connectivity index is 2.23. The number of benzene rings is 1. The molecule has 3 heteroatoms. The van der Waals surface area contributed by atoms with Gasteiger partial charge in [0.15, 0.2) is 0 Å². The lowest BCUT2D eigenvalue weighted by atomic mass is 10.1. The molecule has 1 aromatic rings. The minimum absolute atomic E-state index is 0.163. The molecular formula is C15H20BrNO. The van der Waals surface area contributed by atoms with Crippen molar-refractivity contribution in [3.8, 4) is 0 Å². The van der Waals surface area contributed by atoms with E-state index in [1.165, 1.54) is 12.8 Å². The van der Waals surface area contributed by atoms with Gasteiger partial charge in [-0.3, -0.25) is 4.79 Å². The van der Waals surface area contributed by atoms with Crippen molar-refractivity contribution in [3.63, 3.8) is 0 Å². The molecule has 1 aliphatic carbocycles. The molecule has 0 aromatic heterocycles. The topological polar surface area (TPSA) is 20.3 Å². The Morgan fingerprint density at radius 1 is 1.44 bits per heavy atom. The van der Waals surface area contributed by atoms with Gasteiger partial charge < -0.3 is 4.90 Å². The second-order valence-electron chi connectivity index (χ2n) is 5.45. The fourth-order valence-electron chi connectivity index (χ4n) is 2.09. The van der Waals surface area contributed by atoms with Crippen LogP contribution in [0.25, 0.3) is 0 Å². The number of hydrogen-bond donors (Lipinski definition) is 0. The Bertz CT molecular complexity index is 452. The second-order valence-corrected chi connectivity index (χ2v) is 6.37. The molecule has 0 spiro atoms. The van der Waals surface area contributed by atoms with E-state index in [2.05, 4.69) is 29.8 Å². The van der Waals surface area contributed by atoms with Crippen molar-refractivity contribution < 1.29 is 4.79 Å². The van der Waals surface area contributed by atoms with Crippen molar-refractivity contribution >= 4 is 21.8 Å². The third-order valence-electron chi connectivity index (χ3n) is 3.47. The lowest BCUT2D eigenvalue weighted by molar-refractivity contribution is 0.0695. The molecule has 98 valence electrons. The fourth-order valence-corrected chi connectivity index (χ4v) is 2.45. The van der Waals surface area contributed by atoms with E-state index in [1.54, 1.807) is 0 Å². The maximum atomic E-state index is 12.6. The molecule has 2 rings (SSSR count). The highest BCUT2D eigenvalue weighted by molar-refractivity contribution is 9.10. The molecule has 1 aliphatic rings. The summed E-state index contributed by atoms with van der Waals surface area (Å²) in [5.41, 5.74) is 1.86. The van der Waals surface area contributed by atoms with Crippen LogP contribution < -0.4 is 0 Å². The van der Waals surface area contributed by atoms with E-state index in [-0.39, 0.29) is 11.9 Å². The normalized spacial score (nSPS) is 14.9. The molecule has 0 atom stereocenters. The average molecular weight is 310 g/mol. The Kier molecular flexibility index (Phi) is 4.10. The summed E-state index contributed by atoms with van der Waals surface area (Å²) in [5.74, 6) is 0.888. The smallest absolute Gasteiger partial charge is 0.254 e. The van der Waals surface area contributed by atoms with Crippen molar-refractivity contribution in [1.29, 1.82) is 0 Å². The molecule has 1 saturated carbocycles. The van der Waals surface area contributed by atoms with Crippen LogP contribution in [0, 0.1) is 12.8 Å². The fraction of sp³-hybridized carbons (Fsp3) is 0.533. The van der Waals surface area contributed by atoms with E-state index in [4.69, 9.17) is 0 Å². The van der Waals surface area contributed by atoms with Crippen molar-refractivity contribution in [1.82, 2.24) is 4.90 Å². The zero-order chi connectivity index (χ0) is 13.3. The summed E-state index contributed by atoms with van der Waals surface area (Å²) < 4.78 is 0.964. The number of carbonyl (C=O) groups is 1. The zero-order valence-corrected chi connectivity index (χ0v) is 12.8. The third kappa shape index (κ3) is 3.14. The van der Waals surface area contributed by atoms with Gasteiger partial charge in [-0.2, -0.15) is 0 Å². The van der Waals surface area contributed by atoms with Crippen LogP contribution in [0.15, 0.2) is 22.7 Å². The van der Waals surface area contributed by atoms with Crippen LogP contribution in [0.4, 0.5) is 0 Å². The first-order chi connectivity index (χ1) is 8.49. The highest BCUT2D eigenvalue weighted by atomic mass is 79.9. The Hall–Kier alpha value is -0.830. The van der Waals surface area contributed by atoms with Gasteiger partial charge in [0.2, 0.25) is 0 Å². The zero-order valence-electron chi connectivity index (χ0n) is 11.2. The predicted molar refractivity (Wildman–Crippen MR) is 77.8 cm³/mol. The van der Waals surface area contributed by atoms with Crippen LogP contribution in [-0.2, 0) is 0 Å². The van der Waals surface area contributed by atoms with Gasteiger partial charge in [0.25, 0.3) is 5.91 Å². The first-order valence-electron chi connectivity index (χ1n) is 6.56. The summed E-state index contributed by atoms with van der Waals surface area (Å²) in [7, 11) is 0. The van der Waals surface area contributed by atoms with Crippen molar-refractivity contribution in [2.75, 3.05) is 6.54 Å². The summed E-state index contributed by atoms with van der Waals surface area (Å²) >= 11 is 3.44. The van der Waals surface area contributed by atoms with Crippen molar-refractivity contribution in [3.05, 3.63) is 33.8 Å². The van der Waals surface area contributed by atoms with E-state index in [9.17, 15) is 4.79 Å². The van der Waals surface area contributed by atoms with Crippen LogP contribution in [-0.4, -0.2) is 23.4 Å². The van der Waals surface area contributed by atoms with Gasteiger partial charge in [0.1, 0.15) is 0 Å². The third-order valence-corrected chi connectivity index (χ3v) is 3.96. The first kappa shape index (κ1) is 13.6. The molecule has 0 aliphatic heterocycles. The van der Waals surface area contributed by atoms with Crippen molar-refractivity contribution in [2.24, 2.45) is 5.92 Å². The largest absolute Gasteiger partial charge is 0.336 e. The molecule has 1 aromatic carbocycles. The van der Waals surface area contributed by atoms with Crippen LogP contribution in [0.1, 0.15) is 42.6 Å². The highest BCUT2D eigenvalue weighted by Gasteiger charge is 2.29. The maximum absolute atomic E-state index is 12.6. The molecule has 0 heterocycles. The standard InChI is InChI=1S/C15H20BrNO/c1-10(2)17(9-12-5-6-12)15(18)14-8-13(16)7-4-11(14)3/h4,7-8,10,12H,5-6,9H2,1-3H3. The number of rotatable bonds is 4. The summed E-state index contributed by atoms with van der Waals surface area (Å²) in [5, 5.41) is 0. The first-order valence-corrected chi connectivity index (χ1v) is 7.35. The van der Waals surface area contributed by atoms with Gasteiger partial charge in [-0.15, -0.1) is 0 Å². The monoisotopic (exact) mass is 309 g/mol. The van der Waals surface area contributed by atoms with Gasteiger partial charge in [0, 0.05) is 22.6 Å². The summed E-state index contributed by atoms with van der Waals surface area (Å²) in [6, 6.07) is 6.16. The Labute approximate surface area is 117 Å². The highest BCUT2D eigenvalue weighted by Crippen LogP contribution is 2.31. The molecule has 0 radical (unpaired) electrons. The van der Waals surface area contributed by atoms with E-state index < -0.39 is 0 Å². The Morgan fingerprint density at radius 2 is 2.11 bits per heavy atom. The quantitative estimate of drug-likeness (QED) is 0.822. The molecule has 0 N–H and O–H groups in total. The lowest BCUT2D eigenvalue weighted by Crippen LogP contribution is -2.38.